The summed E-state index contributed by atoms with van der Waals surface area (Å²) in [6.07, 6.45) is 2.01. The quantitative estimate of drug-likeness (QED) is 0.899. The summed E-state index contributed by atoms with van der Waals surface area (Å²) in [6.45, 7) is 2.83. The summed E-state index contributed by atoms with van der Waals surface area (Å²) >= 11 is 1.92. The highest BCUT2D eigenvalue weighted by atomic mass is 32.2. The van der Waals surface area contributed by atoms with Crippen LogP contribution in [0.5, 0.6) is 5.75 Å². The van der Waals surface area contributed by atoms with Crippen LogP contribution in [0.15, 0.2) is 53.4 Å². The van der Waals surface area contributed by atoms with Crippen LogP contribution in [0.4, 0.5) is 0 Å². The van der Waals surface area contributed by atoms with Crippen LogP contribution in [0, 0.1) is 0 Å². The second-order valence-corrected chi connectivity index (χ2v) is 6.76. The summed E-state index contributed by atoms with van der Waals surface area (Å²) in [5, 5.41) is 0.494. The lowest BCUT2D eigenvalue weighted by Gasteiger charge is -2.17. The Balaban J connectivity index is 1.65. The first kappa shape index (κ1) is 14.5. The number of ether oxygens (including phenoxy) is 1. The Morgan fingerprint density at radius 3 is 2.76 bits per heavy atom. The standard InChI is InChI=1S/C18H21NOS/c1-2-16(19)15-8-4-5-9-17(15)20-12-14-11-13-7-3-6-10-18(13)21-14/h3-10,14,16H,2,11-12,19H2,1H3/t14?,16-/m0/s1. The number of fused-ring (bicyclic) bond motifs is 1. The van der Waals surface area contributed by atoms with E-state index >= 15 is 0 Å². The van der Waals surface area contributed by atoms with Gasteiger partial charge in [-0.1, -0.05) is 43.3 Å². The van der Waals surface area contributed by atoms with Gasteiger partial charge in [-0.25, -0.2) is 0 Å². The second-order valence-electron chi connectivity index (χ2n) is 5.42. The van der Waals surface area contributed by atoms with Gasteiger partial charge in [0.05, 0.1) is 0 Å². The lowest BCUT2D eigenvalue weighted by Crippen LogP contribution is -2.16. The van der Waals surface area contributed by atoms with Crippen molar-refractivity contribution >= 4 is 11.8 Å². The molecule has 1 unspecified atom stereocenters. The Labute approximate surface area is 130 Å². The molecule has 0 saturated carbocycles. The van der Waals surface area contributed by atoms with E-state index in [4.69, 9.17) is 10.5 Å². The molecule has 0 aliphatic carbocycles. The molecule has 1 aliphatic heterocycles. The van der Waals surface area contributed by atoms with Crippen LogP contribution in [0.25, 0.3) is 0 Å². The normalized spacial score (nSPS) is 18.3. The molecule has 1 aliphatic rings. The van der Waals surface area contributed by atoms with Gasteiger partial charge >= 0.3 is 0 Å². The van der Waals surface area contributed by atoms with Gasteiger partial charge in [0, 0.05) is 21.8 Å². The molecular formula is C18H21NOS. The van der Waals surface area contributed by atoms with E-state index in [1.165, 1.54) is 10.5 Å². The van der Waals surface area contributed by atoms with E-state index in [9.17, 15) is 0 Å². The van der Waals surface area contributed by atoms with Crippen molar-refractivity contribution in [1.29, 1.82) is 0 Å². The molecule has 2 nitrogen and oxygen atoms in total. The number of thioether (sulfide) groups is 1. The third-order valence-electron chi connectivity index (χ3n) is 3.90. The first-order chi connectivity index (χ1) is 10.3. The molecule has 0 amide bonds. The van der Waals surface area contributed by atoms with Crippen molar-refractivity contribution in [2.24, 2.45) is 5.73 Å². The molecule has 3 rings (SSSR count). The van der Waals surface area contributed by atoms with Crippen molar-refractivity contribution in [1.82, 2.24) is 0 Å². The lowest BCUT2D eigenvalue weighted by atomic mass is 10.0. The maximum atomic E-state index is 6.16. The number of nitrogens with two attached hydrogens (primary N) is 1. The van der Waals surface area contributed by atoms with Crippen LogP contribution in [0.2, 0.25) is 0 Å². The summed E-state index contributed by atoms with van der Waals surface area (Å²) in [7, 11) is 0. The third-order valence-corrected chi connectivity index (χ3v) is 5.19. The number of hydrogen-bond acceptors (Lipinski definition) is 3. The van der Waals surface area contributed by atoms with Gasteiger partial charge < -0.3 is 10.5 Å². The van der Waals surface area contributed by atoms with E-state index in [-0.39, 0.29) is 6.04 Å². The van der Waals surface area contributed by atoms with Crippen LogP contribution in [0.3, 0.4) is 0 Å². The van der Waals surface area contributed by atoms with Crippen LogP contribution < -0.4 is 10.5 Å². The summed E-state index contributed by atoms with van der Waals surface area (Å²) in [4.78, 5) is 1.39. The minimum Gasteiger partial charge on any atom is -0.492 e. The highest BCUT2D eigenvalue weighted by molar-refractivity contribution is 8.00. The van der Waals surface area contributed by atoms with Crippen molar-refractivity contribution in [3.05, 3.63) is 59.7 Å². The van der Waals surface area contributed by atoms with Crippen LogP contribution >= 0.6 is 11.8 Å². The van der Waals surface area contributed by atoms with Crippen molar-refractivity contribution in [2.75, 3.05) is 6.61 Å². The lowest BCUT2D eigenvalue weighted by molar-refractivity contribution is 0.312. The summed E-state index contributed by atoms with van der Waals surface area (Å²) in [5.74, 6) is 0.934. The van der Waals surface area contributed by atoms with Crippen LogP contribution in [0.1, 0.15) is 30.5 Å². The first-order valence-corrected chi connectivity index (χ1v) is 8.37. The highest BCUT2D eigenvalue weighted by Gasteiger charge is 2.22. The van der Waals surface area contributed by atoms with Gasteiger partial charge in [-0.3, -0.25) is 0 Å². The van der Waals surface area contributed by atoms with Gasteiger partial charge in [0.15, 0.2) is 0 Å². The molecule has 2 atom stereocenters. The molecule has 0 spiro atoms. The van der Waals surface area contributed by atoms with Gasteiger partial charge in [-0.15, -0.1) is 11.8 Å². The molecule has 2 N–H and O–H groups in total. The zero-order valence-corrected chi connectivity index (χ0v) is 13.1. The number of hydrogen-bond donors (Lipinski definition) is 1. The maximum Gasteiger partial charge on any atom is 0.124 e. The zero-order valence-electron chi connectivity index (χ0n) is 12.3. The Hall–Kier alpha value is -1.45. The Morgan fingerprint density at radius 2 is 1.95 bits per heavy atom. The monoisotopic (exact) mass is 299 g/mol. The first-order valence-electron chi connectivity index (χ1n) is 7.49. The van der Waals surface area contributed by atoms with Crippen molar-refractivity contribution in [3.63, 3.8) is 0 Å². The summed E-state index contributed by atoms with van der Waals surface area (Å²) in [5.41, 5.74) is 8.71. The Bertz CT molecular complexity index is 589. The van der Waals surface area contributed by atoms with E-state index in [1.54, 1.807) is 0 Å². The van der Waals surface area contributed by atoms with Gasteiger partial charge in [0.1, 0.15) is 12.4 Å². The minimum absolute atomic E-state index is 0.0506. The van der Waals surface area contributed by atoms with Gasteiger partial charge in [-0.05, 0) is 30.5 Å². The Kier molecular flexibility index (Phi) is 4.51. The third kappa shape index (κ3) is 3.25. The molecule has 0 bridgehead atoms. The summed E-state index contributed by atoms with van der Waals surface area (Å²) in [6, 6.07) is 16.8. The topological polar surface area (TPSA) is 35.2 Å². The molecule has 0 fully saturated rings. The molecule has 0 aromatic heterocycles. The van der Waals surface area contributed by atoms with Crippen LogP contribution in [-0.2, 0) is 6.42 Å². The predicted molar refractivity (Wildman–Crippen MR) is 88.9 cm³/mol. The largest absolute Gasteiger partial charge is 0.492 e. The van der Waals surface area contributed by atoms with Gasteiger partial charge in [0.2, 0.25) is 0 Å². The SMILES string of the molecule is CC[C@H](N)c1ccccc1OCC1Cc2ccccc2S1. The van der Waals surface area contributed by atoms with E-state index in [0.717, 1.165) is 30.8 Å². The fourth-order valence-electron chi connectivity index (χ4n) is 2.67. The molecule has 0 radical (unpaired) electrons. The molecule has 1 heterocycles. The average Bonchev–Trinajstić information content (AvgIpc) is 2.95. The van der Waals surface area contributed by atoms with E-state index in [1.807, 2.05) is 30.0 Å². The fourth-order valence-corrected chi connectivity index (χ4v) is 3.89. The molecule has 110 valence electrons. The zero-order chi connectivity index (χ0) is 14.7. The van der Waals surface area contributed by atoms with Gasteiger partial charge in [0.25, 0.3) is 0 Å². The maximum absolute atomic E-state index is 6.16. The second kappa shape index (κ2) is 6.54. The smallest absolute Gasteiger partial charge is 0.124 e. The summed E-state index contributed by atoms with van der Waals surface area (Å²) < 4.78 is 6.07. The molecular weight excluding hydrogens is 278 g/mol. The van der Waals surface area contributed by atoms with E-state index in [0.29, 0.717) is 5.25 Å². The highest BCUT2D eigenvalue weighted by Crippen LogP contribution is 2.37. The molecule has 2 aromatic rings. The van der Waals surface area contributed by atoms with Gasteiger partial charge in [-0.2, -0.15) is 0 Å². The molecule has 3 heteroatoms. The van der Waals surface area contributed by atoms with Crippen molar-refractivity contribution < 1.29 is 4.74 Å². The average molecular weight is 299 g/mol. The van der Waals surface area contributed by atoms with Crippen molar-refractivity contribution in [2.45, 2.75) is 36.0 Å². The van der Waals surface area contributed by atoms with E-state index < -0.39 is 0 Å². The Morgan fingerprint density at radius 1 is 1.19 bits per heavy atom. The number of rotatable bonds is 5. The predicted octanol–water partition coefficient (Wildman–Crippen LogP) is 4.19. The minimum atomic E-state index is 0.0506. The number of benzene rings is 2. The molecule has 2 aromatic carbocycles. The van der Waals surface area contributed by atoms with E-state index in [2.05, 4.69) is 37.3 Å². The number of para-hydroxylation sites is 1. The van der Waals surface area contributed by atoms with Crippen molar-refractivity contribution in [3.8, 4) is 5.75 Å². The molecule has 21 heavy (non-hydrogen) atoms. The van der Waals surface area contributed by atoms with Crippen LogP contribution in [-0.4, -0.2) is 11.9 Å². The fraction of sp³-hybridized carbons (Fsp3) is 0.333. The molecule has 0 saturated heterocycles.